The monoisotopic (exact) mass is 272 g/mol. The van der Waals surface area contributed by atoms with E-state index < -0.39 is 0 Å². The normalized spacial score (nSPS) is 12.1. The van der Waals surface area contributed by atoms with Gasteiger partial charge in [-0.1, -0.05) is 18.2 Å². The lowest BCUT2D eigenvalue weighted by Gasteiger charge is -2.00. The molecule has 2 aromatic heterocycles. The van der Waals surface area contributed by atoms with Crippen LogP contribution in [0, 0.1) is 11.3 Å². The average Bonchev–Trinajstić information content (AvgIpc) is 2.95. The molecule has 0 radical (unpaired) electrons. The highest BCUT2D eigenvalue weighted by molar-refractivity contribution is 6.09. The number of aromatic nitrogens is 1. The van der Waals surface area contributed by atoms with E-state index in [-0.39, 0.29) is 17.6 Å². The third-order valence-corrected chi connectivity index (χ3v) is 3.41. The van der Waals surface area contributed by atoms with Crippen LogP contribution < -0.4 is 0 Å². The fraction of sp³-hybridized carbons (Fsp3) is 0. The number of para-hydroxylation sites is 1. The molecule has 0 aliphatic rings. The van der Waals surface area contributed by atoms with Crippen LogP contribution in [0.4, 0.5) is 0 Å². The number of pyridine rings is 1. The first-order valence-corrected chi connectivity index (χ1v) is 6.47. The van der Waals surface area contributed by atoms with E-state index in [2.05, 4.69) is 4.98 Å². The smallest absolute Gasteiger partial charge is 0.144 e. The second-order valence-electron chi connectivity index (χ2n) is 4.64. The van der Waals surface area contributed by atoms with Crippen molar-refractivity contribution in [3.05, 3.63) is 66.3 Å². The van der Waals surface area contributed by atoms with E-state index in [4.69, 9.17) is 12.4 Å². The summed E-state index contributed by atoms with van der Waals surface area (Å²) in [6, 6.07) is 14.8. The number of nitriles is 1. The van der Waals surface area contributed by atoms with Crippen LogP contribution in [0.2, 0.25) is 0 Å². The molecular weight excluding hydrogens is 260 g/mol. The summed E-state index contributed by atoms with van der Waals surface area (Å²) in [7, 11) is 0. The summed E-state index contributed by atoms with van der Waals surface area (Å²) in [6.07, 6.45) is 1.71. The molecule has 0 spiro atoms. The molecule has 98 valence electrons. The molecule has 0 N–H and O–H groups in total. The molecule has 2 aromatic carbocycles. The molecule has 0 unspecified atom stereocenters. The second kappa shape index (κ2) is 4.46. The van der Waals surface area contributed by atoms with Crippen LogP contribution in [0.5, 0.6) is 0 Å². The lowest BCUT2D eigenvalue weighted by Crippen LogP contribution is -1.81. The predicted molar refractivity (Wildman–Crippen MR) is 81.7 cm³/mol. The fourth-order valence-electron chi connectivity index (χ4n) is 2.45. The van der Waals surface area contributed by atoms with Crippen molar-refractivity contribution in [2.45, 2.75) is 0 Å². The lowest BCUT2D eigenvalue weighted by atomic mass is 10.1. The molecular formula is C18H10N2O. The molecule has 0 saturated carbocycles. The Hall–Kier alpha value is -3.12. The van der Waals surface area contributed by atoms with Gasteiger partial charge in [0.1, 0.15) is 11.2 Å². The summed E-state index contributed by atoms with van der Waals surface area (Å²) in [5.74, 6) is 0. The van der Waals surface area contributed by atoms with Gasteiger partial charge in [0.15, 0.2) is 0 Å². The molecule has 0 atom stereocenters. The van der Waals surface area contributed by atoms with Gasteiger partial charge in [-0.2, -0.15) is 5.26 Å². The minimum Gasteiger partial charge on any atom is -0.455 e. The highest BCUT2D eigenvalue weighted by Gasteiger charge is 2.12. The second-order valence-corrected chi connectivity index (χ2v) is 4.64. The standard InChI is InChI=1S/C18H10N2O/c19-11-12-7-8-13-14-4-3-5-15(16-6-1-2-9-20-16)18(14)21-17(13)10-12/h1-10H/i7D,10D. The van der Waals surface area contributed by atoms with Crippen molar-refractivity contribution in [2.75, 3.05) is 0 Å². The highest BCUT2D eigenvalue weighted by atomic mass is 16.3. The first-order chi connectivity index (χ1) is 11.2. The fourth-order valence-corrected chi connectivity index (χ4v) is 2.45. The average molecular weight is 272 g/mol. The molecule has 3 nitrogen and oxygen atoms in total. The number of nitrogens with zero attached hydrogens (tertiary/aromatic N) is 2. The van der Waals surface area contributed by atoms with Gasteiger partial charge in [-0.15, -0.1) is 0 Å². The Morgan fingerprint density at radius 3 is 2.86 bits per heavy atom. The zero-order valence-corrected chi connectivity index (χ0v) is 10.9. The Kier molecular flexibility index (Phi) is 2.07. The van der Waals surface area contributed by atoms with E-state index in [0.717, 1.165) is 16.6 Å². The zero-order valence-electron chi connectivity index (χ0n) is 12.9. The lowest BCUT2D eigenvalue weighted by molar-refractivity contribution is 0.669. The van der Waals surface area contributed by atoms with Gasteiger partial charge in [0.05, 0.1) is 20.1 Å². The number of fused-ring (bicyclic) bond motifs is 3. The molecule has 2 heterocycles. The SMILES string of the molecule is [2H]c1cc2c(oc3c(-c4ccccn4)cccc32)c([2H])c1C#N. The van der Waals surface area contributed by atoms with Crippen LogP contribution in [0.25, 0.3) is 33.2 Å². The Morgan fingerprint density at radius 2 is 2.05 bits per heavy atom. The Balaban J connectivity index is 2.15. The topological polar surface area (TPSA) is 49.8 Å². The van der Waals surface area contributed by atoms with E-state index >= 15 is 0 Å². The largest absolute Gasteiger partial charge is 0.455 e. The maximum Gasteiger partial charge on any atom is 0.144 e. The van der Waals surface area contributed by atoms with Gasteiger partial charge in [0.25, 0.3) is 0 Å². The van der Waals surface area contributed by atoms with E-state index in [0.29, 0.717) is 16.6 Å². The van der Waals surface area contributed by atoms with E-state index in [9.17, 15) is 0 Å². The van der Waals surface area contributed by atoms with Crippen LogP contribution in [0.3, 0.4) is 0 Å². The number of rotatable bonds is 1. The Bertz CT molecular complexity index is 1100. The third kappa shape index (κ3) is 1.78. The Morgan fingerprint density at radius 1 is 1.10 bits per heavy atom. The zero-order chi connectivity index (χ0) is 16.0. The third-order valence-electron chi connectivity index (χ3n) is 3.41. The van der Waals surface area contributed by atoms with Gasteiger partial charge in [-0.05, 0) is 36.4 Å². The molecule has 0 amide bonds. The van der Waals surface area contributed by atoms with Crippen molar-refractivity contribution >= 4 is 21.9 Å². The molecule has 0 bridgehead atoms. The van der Waals surface area contributed by atoms with Gasteiger partial charge in [0, 0.05) is 22.5 Å². The van der Waals surface area contributed by atoms with Crippen molar-refractivity contribution in [3.63, 3.8) is 0 Å². The van der Waals surface area contributed by atoms with Crippen molar-refractivity contribution < 1.29 is 7.16 Å². The molecule has 0 saturated heterocycles. The van der Waals surface area contributed by atoms with E-state index in [1.165, 1.54) is 0 Å². The van der Waals surface area contributed by atoms with Crippen molar-refractivity contribution in [1.82, 2.24) is 4.98 Å². The minimum absolute atomic E-state index is 0.0240. The molecule has 3 heteroatoms. The van der Waals surface area contributed by atoms with Gasteiger partial charge >= 0.3 is 0 Å². The van der Waals surface area contributed by atoms with Crippen LogP contribution in [-0.2, 0) is 0 Å². The first-order valence-electron chi connectivity index (χ1n) is 7.47. The minimum atomic E-state index is -0.0434. The summed E-state index contributed by atoms with van der Waals surface area (Å²) in [5, 5.41) is 10.6. The van der Waals surface area contributed by atoms with Gasteiger partial charge in [0.2, 0.25) is 0 Å². The van der Waals surface area contributed by atoms with Crippen molar-refractivity contribution in [1.29, 1.82) is 5.26 Å². The van der Waals surface area contributed by atoms with Crippen LogP contribution in [-0.4, -0.2) is 4.98 Å². The predicted octanol–water partition coefficient (Wildman–Crippen LogP) is 4.52. The number of hydrogen-bond acceptors (Lipinski definition) is 3. The number of hydrogen-bond donors (Lipinski definition) is 0. The van der Waals surface area contributed by atoms with Gasteiger partial charge < -0.3 is 4.42 Å². The van der Waals surface area contributed by atoms with Crippen LogP contribution in [0.1, 0.15) is 8.30 Å². The summed E-state index contributed by atoms with van der Waals surface area (Å²) < 4.78 is 22.0. The molecule has 0 fully saturated rings. The summed E-state index contributed by atoms with van der Waals surface area (Å²) in [5.41, 5.74) is 2.56. The van der Waals surface area contributed by atoms with E-state index in [1.807, 2.05) is 42.5 Å². The maximum absolute atomic E-state index is 9.12. The molecule has 0 aliphatic carbocycles. The number of furan rings is 1. The van der Waals surface area contributed by atoms with Crippen molar-refractivity contribution in [2.24, 2.45) is 0 Å². The van der Waals surface area contributed by atoms with E-state index in [1.54, 1.807) is 12.3 Å². The highest BCUT2D eigenvalue weighted by Crippen LogP contribution is 2.35. The van der Waals surface area contributed by atoms with Crippen LogP contribution in [0.15, 0.2) is 65.2 Å². The molecule has 4 aromatic rings. The molecule has 0 aliphatic heterocycles. The Labute approximate surface area is 123 Å². The maximum atomic E-state index is 9.12. The summed E-state index contributed by atoms with van der Waals surface area (Å²) >= 11 is 0. The summed E-state index contributed by atoms with van der Waals surface area (Å²) in [4.78, 5) is 4.35. The van der Waals surface area contributed by atoms with Gasteiger partial charge in [-0.25, -0.2) is 0 Å². The van der Waals surface area contributed by atoms with Crippen molar-refractivity contribution in [3.8, 4) is 17.3 Å². The molecule has 4 rings (SSSR count). The summed E-state index contributed by atoms with van der Waals surface area (Å²) in [6.45, 7) is 0. The van der Waals surface area contributed by atoms with Crippen LogP contribution >= 0.6 is 0 Å². The first kappa shape index (κ1) is 9.73. The quantitative estimate of drug-likeness (QED) is 0.512. The number of benzene rings is 2. The molecule has 21 heavy (non-hydrogen) atoms. The van der Waals surface area contributed by atoms with Gasteiger partial charge in [-0.3, -0.25) is 4.98 Å².